The number of guanidine groups is 1. The minimum Gasteiger partial charge on any atom is -0.386 e. The Morgan fingerprint density at radius 2 is 2.20 bits per heavy atom. The summed E-state index contributed by atoms with van der Waals surface area (Å²) in [6.07, 6.45) is 1.06. The Morgan fingerprint density at radius 1 is 1.36 bits per heavy atom. The number of hydrogen-bond acceptors (Lipinski definition) is 5. The van der Waals surface area contributed by atoms with Crippen molar-refractivity contribution in [3.05, 3.63) is 47.4 Å². The molecule has 1 atom stereocenters. The average molecular weight is 358 g/mol. The quantitative estimate of drug-likeness (QED) is 0.462. The van der Waals surface area contributed by atoms with E-state index in [1.165, 1.54) is 4.70 Å². The van der Waals surface area contributed by atoms with Crippen LogP contribution in [-0.2, 0) is 13.6 Å². The van der Waals surface area contributed by atoms with Gasteiger partial charge in [0.25, 0.3) is 0 Å². The van der Waals surface area contributed by atoms with Gasteiger partial charge in [0, 0.05) is 29.7 Å². The molecule has 2 aromatic heterocycles. The monoisotopic (exact) mass is 358 g/mol. The molecule has 3 rings (SSSR count). The molecule has 1 aromatic carbocycles. The number of benzene rings is 1. The van der Waals surface area contributed by atoms with Crippen LogP contribution in [0.4, 0.5) is 0 Å². The van der Waals surface area contributed by atoms with Crippen LogP contribution in [0.25, 0.3) is 10.1 Å². The zero-order valence-electron chi connectivity index (χ0n) is 14.3. The average Bonchev–Trinajstić information content (AvgIpc) is 3.23. The minimum absolute atomic E-state index is 0.386. The molecule has 0 aliphatic carbocycles. The van der Waals surface area contributed by atoms with Gasteiger partial charge in [-0.05, 0) is 24.4 Å². The molecule has 132 valence electrons. The van der Waals surface area contributed by atoms with Gasteiger partial charge >= 0.3 is 0 Å². The Hall–Kier alpha value is -2.45. The minimum atomic E-state index is -0.587. The third-order valence-electron chi connectivity index (χ3n) is 3.76. The van der Waals surface area contributed by atoms with Crippen molar-refractivity contribution in [3.8, 4) is 0 Å². The van der Waals surface area contributed by atoms with Crippen LogP contribution in [-0.4, -0.2) is 38.9 Å². The standard InChI is InChI=1S/C17H22N6OS/c1-3-18-17(20-10-16-22-21-11-23(16)2)19-9-13(24)15-8-12-6-4-5-7-14(12)25-15/h4-8,11,13,24H,3,9-10H2,1-2H3,(H2,18,19,20). The molecule has 0 fully saturated rings. The highest BCUT2D eigenvalue weighted by molar-refractivity contribution is 7.19. The number of fused-ring (bicyclic) bond motifs is 1. The molecule has 3 aromatic rings. The van der Waals surface area contributed by atoms with E-state index in [-0.39, 0.29) is 0 Å². The summed E-state index contributed by atoms with van der Waals surface area (Å²) in [6, 6.07) is 10.2. The molecule has 7 nitrogen and oxygen atoms in total. The van der Waals surface area contributed by atoms with Crippen molar-refractivity contribution in [1.82, 2.24) is 25.4 Å². The Morgan fingerprint density at radius 3 is 2.92 bits per heavy atom. The highest BCUT2D eigenvalue weighted by atomic mass is 32.1. The van der Waals surface area contributed by atoms with Crippen molar-refractivity contribution in [2.24, 2.45) is 12.0 Å². The van der Waals surface area contributed by atoms with Gasteiger partial charge in [0.05, 0.1) is 0 Å². The number of rotatable bonds is 6. The van der Waals surface area contributed by atoms with E-state index in [1.807, 2.05) is 36.7 Å². The first-order chi connectivity index (χ1) is 12.2. The van der Waals surface area contributed by atoms with Gasteiger partial charge in [-0.2, -0.15) is 0 Å². The number of aromatic nitrogens is 3. The zero-order valence-corrected chi connectivity index (χ0v) is 15.1. The second-order valence-corrected chi connectivity index (χ2v) is 6.75. The predicted octanol–water partition coefficient (Wildman–Crippen LogP) is 1.82. The number of aliphatic imine (C=N–C) groups is 1. The van der Waals surface area contributed by atoms with Crippen molar-refractivity contribution in [2.75, 3.05) is 13.1 Å². The van der Waals surface area contributed by atoms with E-state index in [2.05, 4.69) is 38.0 Å². The predicted molar refractivity (Wildman–Crippen MR) is 101 cm³/mol. The molecule has 0 bridgehead atoms. The molecule has 0 spiro atoms. The Balaban J connectivity index is 1.63. The van der Waals surface area contributed by atoms with Crippen LogP contribution < -0.4 is 10.6 Å². The maximum atomic E-state index is 10.5. The van der Waals surface area contributed by atoms with Gasteiger partial charge in [-0.15, -0.1) is 21.5 Å². The Labute approximate surface area is 150 Å². The van der Waals surface area contributed by atoms with Gasteiger partial charge < -0.3 is 20.3 Å². The largest absolute Gasteiger partial charge is 0.386 e. The third kappa shape index (κ3) is 4.34. The topological polar surface area (TPSA) is 87.4 Å². The van der Waals surface area contributed by atoms with Gasteiger partial charge in [-0.25, -0.2) is 4.99 Å². The van der Waals surface area contributed by atoms with Crippen LogP contribution in [0.3, 0.4) is 0 Å². The lowest BCUT2D eigenvalue weighted by molar-refractivity contribution is 0.184. The van der Waals surface area contributed by atoms with E-state index in [1.54, 1.807) is 17.7 Å². The molecule has 0 saturated carbocycles. The summed E-state index contributed by atoms with van der Waals surface area (Å²) < 4.78 is 3.01. The molecule has 1 unspecified atom stereocenters. The SMILES string of the molecule is CCNC(=NCc1nncn1C)NCC(O)c1cc2ccccc2s1. The molecular formula is C17H22N6OS. The van der Waals surface area contributed by atoms with E-state index in [9.17, 15) is 5.11 Å². The molecule has 25 heavy (non-hydrogen) atoms. The highest BCUT2D eigenvalue weighted by Gasteiger charge is 2.12. The fraction of sp³-hybridized carbons (Fsp3) is 0.353. The summed E-state index contributed by atoms with van der Waals surface area (Å²) in [5.41, 5.74) is 0. The first-order valence-electron chi connectivity index (χ1n) is 8.19. The van der Waals surface area contributed by atoms with E-state index in [0.717, 1.165) is 22.6 Å². The molecular weight excluding hydrogens is 336 g/mol. The molecule has 0 amide bonds. The van der Waals surface area contributed by atoms with Crippen molar-refractivity contribution in [2.45, 2.75) is 19.6 Å². The number of aliphatic hydroxyl groups excluding tert-OH is 1. The molecule has 3 N–H and O–H groups in total. The third-order valence-corrected chi connectivity index (χ3v) is 4.98. The molecule has 0 aliphatic rings. The van der Waals surface area contributed by atoms with Crippen LogP contribution in [0.15, 0.2) is 41.7 Å². The van der Waals surface area contributed by atoms with Gasteiger partial charge in [-0.3, -0.25) is 0 Å². The summed E-state index contributed by atoms with van der Waals surface area (Å²) in [4.78, 5) is 5.43. The first-order valence-corrected chi connectivity index (χ1v) is 9.00. The van der Waals surface area contributed by atoms with Gasteiger partial charge in [0.2, 0.25) is 0 Å². The van der Waals surface area contributed by atoms with Crippen LogP contribution in [0.1, 0.15) is 23.7 Å². The number of nitrogens with zero attached hydrogens (tertiary/aromatic N) is 4. The Bertz CT molecular complexity index is 823. The van der Waals surface area contributed by atoms with Crippen LogP contribution in [0.5, 0.6) is 0 Å². The number of nitrogens with one attached hydrogen (secondary N) is 2. The Kier molecular flexibility index (Phi) is 5.62. The second kappa shape index (κ2) is 8.09. The van der Waals surface area contributed by atoms with E-state index in [0.29, 0.717) is 19.0 Å². The van der Waals surface area contributed by atoms with Crippen LogP contribution >= 0.6 is 11.3 Å². The first kappa shape index (κ1) is 17.4. The number of aryl methyl sites for hydroxylation is 1. The molecule has 2 heterocycles. The van der Waals surface area contributed by atoms with Crippen molar-refractivity contribution >= 4 is 27.4 Å². The normalized spacial score (nSPS) is 13.2. The van der Waals surface area contributed by atoms with E-state index >= 15 is 0 Å². The van der Waals surface area contributed by atoms with Crippen molar-refractivity contribution in [1.29, 1.82) is 0 Å². The second-order valence-electron chi connectivity index (χ2n) is 5.64. The lowest BCUT2D eigenvalue weighted by Gasteiger charge is -2.14. The summed E-state index contributed by atoms with van der Waals surface area (Å²) in [5.74, 6) is 1.42. The van der Waals surface area contributed by atoms with Gasteiger partial charge in [0.15, 0.2) is 11.8 Å². The fourth-order valence-corrected chi connectivity index (χ4v) is 3.45. The molecule has 8 heteroatoms. The molecule has 0 aliphatic heterocycles. The number of hydrogen-bond donors (Lipinski definition) is 3. The summed E-state index contributed by atoms with van der Waals surface area (Å²) in [5, 5.41) is 25.8. The van der Waals surface area contributed by atoms with E-state index < -0.39 is 6.10 Å². The zero-order chi connectivity index (χ0) is 17.6. The van der Waals surface area contributed by atoms with E-state index in [4.69, 9.17) is 0 Å². The fourth-order valence-electron chi connectivity index (χ4n) is 2.40. The maximum Gasteiger partial charge on any atom is 0.191 e. The van der Waals surface area contributed by atoms with Gasteiger partial charge in [0.1, 0.15) is 19.0 Å². The summed E-state index contributed by atoms with van der Waals surface area (Å²) >= 11 is 1.61. The molecule has 0 radical (unpaired) electrons. The summed E-state index contributed by atoms with van der Waals surface area (Å²) in [7, 11) is 1.89. The van der Waals surface area contributed by atoms with Gasteiger partial charge in [-0.1, -0.05) is 18.2 Å². The van der Waals surface area contributed by atoms with Crippen LogP contribution in [0, 0.1) is 0 Å². The smallest absolute Gasteiger partial charge is 0.191 e. The van der Waals surface area contributed by atoms with Crippen molar-refractivity contribution < 1.29 is 5.11 Å². The summed E-state index contributed by atoms with van der Waals surface area (Å²) in [6.45, 7) is 3.55. The number of aliphatic hydroxyl groups is 1. The van der Waals surface area contributed by atoms with Crippen LogP contribution in [0.2, 0.25) is 0 Å². The lowest BCUT2D eigenvalue weighted by atomic mass is 10.2. The molecule has 0 saturated heterocycles. The lowest BCUT2D eigenvalue weighted by Crippen LogP contribution is -2.39. The number of thiophene rings is 1. The highest BCUT2D eigenvalue weighted by Crippen LogP contribution is 2.29. The van der Waals surface area contributed by atoms with Crippen molar-refractivity contribution in [3.63, 3.8) is 0 Å². The maximum absolute atomic E-state index is 10.5.